The smallest absolute Gasteiger partial charge is 0.257 e. The molecule has 0 aliphatic rings. The van der Waals surface area contributed by atoms with Gasteiger partial charge in [-0.2, -0.15) is 0 Å². The van der Waals surface area contributed by atoms with Gasteiger partial charge in [-0.1, -0.05) is 6.92 Å². The summed E-state index contributed by atoms with van der Waals surface area (Å²) in [6.07, 6.45) is 2.66. The van der Waals surface area contributed by atoms with Crippen LogP contribution in [0.4, 0.5) is 5.69 Å². The highest BCUT2D eigenvalue weighted by atomic mass is 16.5. The average molecular weight is 339 g/mol. The fourth-order valence-corrected chi connectivity index (χ4v) is 2.79. The van der Waals surface area contributed by atoms with Crippen molar-refractivity contribution >= 4 is 17.2 Å². The zero-order chi connectivity index (χ0) is 18.0. The second-order valence-corrected chi connectivity index (χ2v) is 5.66. The molecule has 130 valence electrons. The molecule has 0 aliphatic heterocycles. The zero-order valence-electron chi connectivity index (χ0n) is 14.8. The van der Waals surface area contributed by atoms with Crippen LogP contribution >= 0.6 is 0 Å². The molecule has 0 atom stereocenters. The van der Waals surface area contributed by atoms with Crippen molar-refractivity contribution in [2.45, 2.75) is 20.3 Å². The lowest BCUT2D eigenvalue weighted by Crippen LogP contribution is -2.13. The van der Waals surface area contributed by atoms with Crippen LogP contribution in [0.25, 0.3) is 5.65 Å². The summed E-state index contributed by atoms with van der Waals surface area (Å²) in [7, 11) is 3.14. The molecular weight excluding hydrogens is 318 g/mol. The molecule has 1 amide bonds. The second kappa shape index (κ2) is 6.84. The first-order valence-electron chi connectivity index (χ1n) is 8.08. The zero-order valence-corrected chi connectivity index (χ0v) is 14.8. The number of aryl methyl sites for hydroxylation is 2. The fourth-order valence-electron chi connectivity index (χ4n) is 2.79. The lowest BCUT2D eigenvalue weighted by molar-refractivity contribution is 0.102. The normalized spacial score (nSPS) is 10.7. The Kier molecular flexibility index (Phi) is 4.61. The van der Waals surface area contributed by atoms with E-state index in [0.717, 1.165) is 23.5 Å². The highest BCUT2D eigenvalue weighted by Crippen LogP contribution is 2.29. The van der Waals surface area contributed by atoms with Gasteiger partial charge in [0.15, 0.2) is 0 Å². The summed E-state index contributed by atoms with van der Waals surface area (Å²) < 4.78 is 12.5. The van der Waals surface area contributed by atoms with E-state index in [4.69, 9.17) is 9.47 Å². The van der Waals surface area contributed by atoms with Crippen molar-refractivity contribution in [3.8, 4) is 11.5 Å². The number of carbonyl (C=O) groups is 1. The van der Waals surface area contributed by atoms with Crippen molar-refractivity contribution < 1.29 is 14.3 Å². The minimum atomic E-state index is -0.223. The van der Waals surface area contributed by atoms with Gasteiger partial charge in [-0.3, -0.25) is 4.79 Å². The molecule has 6 heteroatoms. The fraction of sp³-hybridized carbons (Fsp3) is 0.263. The Morgan fingerprint density at radius 2 is 2.00 bits per heavy atom. The molecule has 6 nitrogen and oxygen atoms in total. The third kappa shape index (κ3) is 3.15. The van der Waals surface area contributed by atoms with Crippen LogP contribution in [0.3, 0.4) is 0 Å². The highest BCUT2D eigenvalue weighted by molar-refractivity contribution is 6.05. The van der Waals surface area contributed by atoms with Gasteiger partial charge in [0.25, 0.3) is 5.91 Å². The lowest BCUT2D eigenvalue weighted by Gasteiger charge is -2.12. The standard InChI is InChI=1S/C19H21N3O3/c1-5-15-12(2)22-11-13(6-9-18(22)20-15)19(23)21-16-10-14(24-3)7-8-17(16)25-4/h6-11H,5H2,1-4H3,(H,21,23). The van der Waals surface area contributed by atoms with E-state index in [9.17, 15) is 4.79 Å². The molecule has 0 aliphatic carbocycles. The van der Waals surface area contributed by atoms with E-state index in [-0.39, 0.29) is 5.91 Å². The van der Waals surface area contributed by atoms with E-state index in [0.29, 0.717) is 22.7 Å². The van der Waals surface area contributed by atoms with Gasteiger partial charge in [0.05, 0.1) is 31.2 Å². The number of hydrogen-bond donors (Lipinski definition) is 1. The third-order valence-electron chi connectivity index (χ3n) is 4.21. The van der Waals surface area contributed by atoms with Gasteiger partial charge in [-0.05, 0) is 37.6 Å². The average Bonchev–Trinajstić information content (AvgIpc) is 2.97. The largest absolute Gasteiger partial charge is 0.497 e. The Balaban J connectivity index is 1.93. The Labute approximate surface area is 146 Å². The first kappa shape index (κ1) is 16.8. The molecule has 3 aromatic rings. The number of rotatable bonds is 5. The van der Waals surface area contributed by atoms with Gasteiger partial charge in [0.2, 0.25) is 0 Å². The topological polar surface area (TPSA) is 64.9 Å². The van der Waals surface area contributed by atoms with Crippen LogP contribution < -0.4 is 14.8 Å². The van der Waals surface area contributed by atoms with Gasteiger partial charge >= 0.3 is 0 Å². The molecule has 0 unspecified atom stereocenters. The van der Waals surface area contributed by atoms with Gasteiger partial charge in [0, 0.05) is 18.0 Å². The van der Waals surface area contributed by atoms with Crippen LogP contribution in [0.15, 0.2) is 36.5 Å². The minimum Gasteiger partial charge on any atom is -0.497 e. The van der Waals surface area contributed by atoms with E-state index >= 15 is 0 Å². The van der Waals surface area contributed by atoms with Crippen LogP contribution in [0.2, 0.25) is 0 Å². The molecule has 1 aromatic carbocycles. The van der Waals surface area contributed by atoms with E-state index in [2.05, 4.69) is 17.2 Å². The lowest BCUT2D eigenvalue weighted by atomic mass is 10.2. The predicted molar refractivity (Wildman–Crippen MR) is 96.8 cm³/mol. The number of anilines is 1. The summed E-state index contributed by atoms with van der Waals surface area (Å²) in [4.78, 5) is 17.2. The Morgan fingerprint density at radius 1 is 1.20 bits per heavy atom. The molecular formula is C19H21N3O3. The number of ether oxygens (including phenoxy) is 2. The molecule has 0 saturated heterocycles. The highest BCUT2D eigenvalue weighted by Gasteiger charge is 2.13. The van der Waals surface area contributed by atoms with Crippen LogP contribution in [-0.2, 0) is 6.42 Å². The van der Waals surface area contributed by atoms with Crippen molar-refractivity contribution in [3.63, 3.8) is 0 Å². The van der Waals surface area contributed by atoms with Crippen molar-refractivity contribution in [2.75, 3.05) is 19.5 Å². The number of imidazole rings is 1. The Morgan fingerprint density at radius 3 is 2.68 bits per heavy atom. The number of methoxy groups -OCH3 is 2. The van der Waals surface area contributed by atoms with Crippen LogP contribution in [0.5, 0.6) is 11.5 Å². The molecule has 1 N–H and O–H groups in total. The third-order valence-corrected chi connectivity index (χ3v) is 4.21. The molecule has 0 fully saturated rings. The summed E-state index contributed by atoms with van der Waals surface area (Å²) in [6, 6.07) is 8.88. The van der Waals surface area contributed by atoms with Crippen molar-refractivity contribution in [1.29, 1.82) is 0 Å². The second-order valence-electron chi connectivity index (χ2n) is 5.66. The maximum Gasteiger partial charge on any atom is 0.257 e. The molecule has 0 bridgehead atoms. The number of pyridine rings is 1. The first-order valence-corrected chi connectivity index (χ1v) is 8.08. The number of amides is 1. The monoisotopic (exact) mass is 339 g/mol. The predicted octanol–water partition coefficient (Wildman–Crippen LogP) is 3.47. The summed E-state index contributed by atoms with van der Waals surface area (Å²) in [5.41, 5.74) is 4.02. The molecule has 25 heavy (non-hydrogen) atoms. The maximum atomic E-state index is 12.7. The van der Waals surface area contributed by atoms with Gasteiger partial charge < -0.3 is 19.2 Å². The first-order chi connectivity index (χ1) is 12.1. The summed E-state index contributed by atoms with van der Waals surface area (Å²) in [5, 5.41) is 2.88. The van der Waals surface area contributed by atoms with E-state index < -0.39 is 0 Å². The number of carbonyl (C=O) groups excluding carboxylic acids is 1. The van der Waals surface area contributed by atoms with Gasteiger partial charge in [0.1, 0.15) is 17.1 Å². The number of hydrogen-bond acceptors (Lipinski definition) is 4. The van der Waals surface area contributed by atoms with Crippen molar-refractivity contribution in [3.05, 3.63) is 53.5 Å². The number of aromatic nitrogens is 2. The Bertz CT molecular complexity index is 931. The number of fused-ring (bicyclic) bond motifs is 1. The molecule has 0 spiro atoms. The van der Waals surface area contributed by atoms with E-state index in [1.165, 1.54) is 0 Å². The van der Waals surface area contributed by atoms with E-state index in [1.54, 1.807) is 44.7 Å². The number of nitrogens with one attached hydrogen (secondary N) is 1. The minimum absolute atomic E-state index is 0.223. The number of nitrogens with zero attached hydrogens (tertiary/aromatic N) is 2. The van der Waals surface area contributed by atoms with Gasteiger partial charge in [-0.15, -0.1) is 0 Å². The summed E-state index contributed by atoms with van der Waals surface area (Å²) in [6.45, 7) is 4.07. The molecule has 3 rings (SSSR count). The molecule has 2 heterocycles. The SMILES string of the molecule is CCc1nc2ccc(C(=O)Nc3cc(OC)ccc3OC)cn2c1C. The van der Waals surface area contributed by atoms with Gasteiger partial charge in [-0.25, -0.2) is 4.98 Å². The quantitative estimate of drug-likeness (QED) is 0.773. The summed E-state index contributed by atoms with van der Waals surface area (Å²) >= 11 is 0. The van der Waals surface area contributed by atoms with Crippen LogP contribution in [-0.4, -0.2) is 29.5 Å². The number of benzene rings is 1. The Hall–Kier alpha value is -3.02. The van der Waals surface area contributed by atoms with Crippen molar-refractivity contribution in [1.82, 2.24) is 9.38 Å². The molecule has 0 saturated carbocycles. The van der Waals surface area contributed by atoms with Crippen molar-refractivity contribution in [2.24, 2.45) is 0 Å². The maximum absolute atomic E-state index is 12.7. The van der Waals surface area contributed by atoms with Crippen LogP contribution in [0, 0.1) is 6.92 Å². The summed E-state index contributed by atoms with van der Waals surface area (Å²) in [5.74, 6) is 0.992. The molecule has 0 radical (unpaired) electrons. The van der Waals surface area contributed by atoms with Crippen LogP contribution in [0.1, 0.15) is 28.7 Å². The van der Waals surface area contributed by atoms with E-state index in [1.807, 2.05) is 17.4 Å². The molecule has 2 aromatic heterocycles.